The van der Waals surface area contributed by atoms with Crippen LogP contribution in [0.5, 0.6) is 17.2 Å². The van der Waals surface area contributed by atoms with Gasteiger partial charge in [0.2, 0.25) is 0 Å². The summed E-state index contributed by atoms with van der Waals surface area (Å²) in [6.07, 6.45) is 0. The molecule has 0 aliphatic rings. The molecule has 108 valence electrons. The molecule has 5 heteroatoms. The van der Waals surface area contributed by atoms with Gasteiger partial charge in [0.05, 0.1) is 0 Å². The zero-order valence-electron chi connectivity index (χ0n) is 11.5. The number of benzene rings is 2. The number of ether oxygens (including phenoxy) is 3. The minimum atomic E-state index is -3.07. The summed E-state index contributed by atoms with van der Waals surface area (Å²) in [6.45, 7) is 0. The van der Waals surface area contributed by atoms with Crippen molar-refractivity contribution in [1.82, 2.24) is 0 Å². The third-order valence-electron chi connectivity index (χ3n) is 2.77. The first-order valence-corrected chi connectivity index (χ1v) is 8.90. The molecule has 0 unspecified atom stereocenters. The van der Waals surface area contributed by atoms with E-state index in [1.165, 1.54) is 14.2 Å². The van der Waals surface area contributed by atoms with Gasteiger partial charge in [-0.3, -0.25) is 0 Å². The first-order chi connectivity index (χ1) is 9.71. The molecular weight excluding hydrogens is 374 g/mol. The van der Waals surface area contributed by atoms with E-state index >= 15 is 0 Å². The van der Waals surface area contributed by atoms with E-state index in [1.807, 2.05) is 0 Å². The van der Waals surface area contributed by atoms with Crippen molar-refractivity contribution >= 4 is 20.4 Å². The van der Waals surface area contributed by atoms with Crippen LogP contribution in [0.4, 0.5) is 2.86 Å². The van der Waals surface area contributed by atoms with Crippen molar-refractivity contribution in [3.8, 4) is 17.2 Å². The van der Waals surface area contributed by atoms with Crippen molar-refractivity contribution in [2.45, 2.75) is 0 Å². The topological polar surface area (TPSA) is 27.7 Å². The third kappa shape index (κ3) is 2.98. The van der Waals surface area contributed by atoms with Gasteiger partial charge < -0.3 is 0 Å². The quantitative estimate of drug-likeness (QED) is 0.719. The first-order valence-electron chi connectivity index (χ1n) is 5.92. The van der Waals surface area contributed by atoms with Gasteiger partial charge in [-0.1, -0.05) is 0 Å². The predicted molar refractivity (Wildman–Crippen MR) is 85.1 cm³/mol. The van der Waals surface area contributed by atoms with Crippen molar-refractivity contribution in [1.29, 1.82) is 0 Å². The molecule has 0 bridgehead atoms. The molecule has 0 aliphatic carbocycles. The van der Waals surface area contributed by atoms with Crippen LogP contribution in [0.15, 0.2) is 42.5 Å². The molecule has 0 saturated carbocycles. The van der Waals surface area contributed by atoms with Crippen LogP contribution >= 0.6 is 20.4 Å². The van der Waals surface area contributed by atoms with Crippen LogP contribution in [0.1, 0.15) is 0 Å². The van der Waals surface area contributed by atoms with Crippen molar-refractivity contribution < 1.29 is 17.1 Å². The van der Waals surface area contributed by atoms with E-state index in [4.69, 9.17) is 14.2 Å². The Balaban J connectivity index is 2.43. The van der Waals surface area contributed by atoms with E-state index in [-0.39, 0.29) is 0 Å². The second-order valence-corrected chi connectivity index (χ2v) is 7.55. The van der Waals surface area contributed by atoms with Gasteiger partial charge in [-0.2, -0.15) is 0 Å². The molecule has 2 aromatic rings. The molecule has 0 N–H and O–H groups in total. The van der Waals surface area contributed by atoms with E-state index < -0.39 is 20.4 Å². The van der Waals surface area contributed by atoms with Crippen LogP contribution in [0.3, 0.4) is 0 Å². The van der Waals surface area contributed by atoms with Gasteiger partial charge in [-0.25, -0.2) is 0 Å². The Morgan fingerprint density at radius 2 is 1.35 bits per heavy atom. The monoisotopic (exact) mass is 390 g/mol. The fourth-order valence-electron chi connectivity index (χ4n) is 1.76. The van der Waals surface area contributed by atoms with Crippen LogP contribution < -0.4 is 14.2 Å². The molecule has 0 radical (unpaired) electrons. The van der Waals surface area contributed by atoms with Crippen LogP contribution in [-0.2, 0) is 0 Å². The fourth-order valence-corrected chi connectivity index (χ4v) is 5.11. The van der Waals surface area contributed by atoms with Crippen LogP contribution in [0.2, 0.25) is 0 Å². The second-order valence-electron chi connectivity index (χ2n) is 3.87. The molecule has 0 atom stereocenters. The van der Waals surface area contributed by atoms with Crippen LogP contribution in [0, 0.1) is 7.14 Å². The van der Waals surface area contributed by atoms with E-state index in [1.54, 1.807) is 49.6 Å². The van der Waals surface area contributed by atoms with Crippen molar-refractivity contribution in [3.63, 3.8) is 0 Å². The Labute approximate surface area is 125 Å². The normalized spacial score (nSPS) is 10.9. The summed E-state index contributed by atoms with van der Waals surface area (Å²) in [5, 5.41) is 0. The molecule has 0 aliphatic heterocycles. The Bertz CT molecular complexity index is 550. The number of halogens is 2. The Hall–Kier alpha value is -1.50. The van der Waals surface area contributed by atoms with Gasteiger partial charge in [0.1, 0.15) is 0 Å². The van der Waals surface area contributed by atoms with Gasteiger partial charge in [0, 0.05) is 0 Å². The standard InChI is InChI=1S/C15H16FIO3/c1-18-12-9-7-11(8-10-12)17(16)15-13(19-2)5-4-6-14(15)20-3/h4-10H,1-3H3. The Morgan fingerprint density at radius 3 is 1.80 bits per heavy atom. The van der Waals surface area contributed by atoms with Gasteiger partial charge in [-0.05, 0) is 0 Å². The zero-order chi connectivity index (χ0) is 14.5. The maximum absolute atomic E-state index is 15.0. The van der Waals surface area contributed by atoms with Crippen molar-refractivity contribution in [3.05, 3.63) is 49.6 Å². The molecular formula is C15H16FIO3. The van der Waals surface area contributed by atoms with Gasteiger partial charge in [0.15, 0.2) is 0 Å². The maximum atomic E-state index is 15.0. The summed E-state index contributed by atoms with van der Waals surface area (Å²) in [6, 6.07) is 12.4. The number of rotatable bonds is 5. The summed E-state index contributed by atoms with van der Waals surface area (Å²) >= 11 is -3.07. The summed E-state index contributed by atoms with van der Waals surface area (Å²) in [5.41, 5.74) is 0. The van der Waals surface area contributed by atoms with E-state index in [0.717, 1.165) is 0 Å². The molecule has 0 fully saturated rings. The van der Waals surface area contributed by atoms with Crippen LogP contribution in [0.25, 0.3) is 0 Å². The Morgan fingerprint density at radius 1 is 0.800 bits per heavy atom. The molecule has 3 nitrogen and oxygen atoms in total. The van der Waals surface area contributed by atoms with Gasteiger partial charge in [0.25, 0.3) is 0 Å². The molecule has 0 saturated heterocycles. The SMILES string of the molecule is COc1ccc(I(F)c2c(OC)cccc2OC)cc1. The summed E-state index contributed by atoms with van der Waals surface area (Å²) < 4.78 is 31.8. The predicted octanol–water partition coefficient (Wildman–Crippen LogP) is 4.14. The average molecular weight is 390 g/mol. The molecule has 20 heavy (non-hydrogen) atoms. The van der Waals surface area contributed by atoms with Crippen molar-refractivity contribution in [2.24, 2.45) is 0 Å². The molecule has 0 spiro atoms. The number of hydrogen-bond acceptors (Lipinski definition) is 3. The Kier molecular flexibility index (Phi) is 5.05. The zero-order valence-corrected chi connectivity index (χ0v) is 13.7. The molecule has 0 heterocycles. The fraction of sp³-hybridized carbons (Fsp3) is 0.200. The average Bonchev–Trinajstić information content (AvgIpc) is 2.53. The minimum absolute atomic E-state index is 0.535. The van der Waals surface area contributed by atoms with Gasteiger partial charge >= 0.3 is 126 Å². The molecule has 0 amide bonds. The van der Waals surface area contributed by atoms with Crippen LogP contribution in [-0.4, -0.2) is 21.3 Å². The van der Waals surface area contributed by atoms with E-state index in [0.29, 0.717) is 24.4 Å². The molecule has 2 rings (SSSR count). The van der Waals surface area contributed by atoms with Gasteiger partial charge in [-0.15, -0.1) is 0 Å². The summed E-state index contributed by atoms with van der Waals surface area (Å²) in [5.74, 6) is 1.78. The van der Waals surface area contributed by atoms with E-state index in [2.05, 4.69) is 0 Å². The van der Waals surface area contributed by atoms with Crippen molar-refractivity contribution in [2.75, 3.05) is 21.3 Å². The first kappa shape index (κ1) is 14.9. The number of hydrogen-bond donors (Lipinski definition) is 0. The summed E-state index contributed by atoms with van der Waals surface area (Å²) in [4.78, 5) is 0. The third-order valence-corrected chi connectivity index (χ3v) is 6.60. The molecule has 0 aromatic heterocycles. The summed E-state index contributed by atoms with van der Waals surface area (Å²) in [7, 11) is 4.66. The molecule has 2 aromatic carbocycles. The second kappa shape index (κ2) is 6.78. The number of methoxy groups -OCH3 is 3. The van der Waals surface area contributed by atoms with E-state index in [9.17, 15) is 2.86 Å².